The number of carbonyl (C=O) groups is 1. The lowest BCUT2D eigenvalue weighted by atomic mass is 10.1. The molecule has 148 valence electrons. The molecule has 6 nitrogen and oxygen atoms in total. The minimum absolute atomic E-state index is 0.265. The molecule has 2 aromatic rings. The molecule has 1 aromatic carbocycles. The average Bonchev–Trinajstić information content (AvgIpc) is 3.00. The van der Waals surface area contributed by atoms with Crippen LogP contribution >= 0.6 is 0 Å². The van der Waals surface area contributed by atoms with Crippen LogP contribution in [-0.2, 0) is 11.2 Å². The third-order valence-corrected chi connectivity index (χ3v) is 4.17. The molecule has 0 aliphatic rings. The van der Waals surface area contributed by atoms with E-state index in [0.29, 0.717) is 17.4 Å². The minimum Gasteiger partial charge on any atom is -0.361 e. The number of hydrogen-bond acceptors (Lipinski definition) is 2. The minimum atomic E-state index is -4.41. The molecule has 0 saturated heterocycles. The standard InChI is InChI=1S/C18H24F3N5O/c1-12-5-4-6-14-13(9-24-16(12)14)7-8-23-17(22-2)25-10-15(27)26(3)11-18(19,20)21/h4-6,9,24H,7-8,10-11H2,1-3H3,(H2,22,23,25). The number of aromatic amines is 1. The number of aliphatic imine (C=N–C) groups is 1. The molecule has 0 atom stereocenters. The van der Waals surface area contributed by atoms with E-state index in [1.54, 1.807) is 0 Å². The van der Waals surface area contributed by atoms with Crippen molar-refractivity contribution in [3.05, 3.63) is 35.5 Å². The van der Waals surface area contributed by atoms with Gasteiger partial charge < -0.3 is 20.5 Å². The summed E-state index contributed by atoms with van der Waals surface area (Å²) in [6, 6.07) is 6.10. The first kappa shape index (κ1) is 20.6. The van der Waals surface area contributed by atoms with Gasteiger partial charge in [-0.3, -0.25) is 9.79 Å². The Labute approximate surface area is 155 Å². The number of nitrogens with zero attached hydrogens (tertiary/aromatic N) is 2. The van der Waals surface area contributed by atoms with E-state index in [9.17, 15) is 18.0 Å². The number of fused-ring (bicyclic) bond motifs is 1. The van der Waals surface area contributed by atoms with E-state index < -0.39 is 18.6 Å². The number of rotatable bonds is 6. The highest BCUT2D eigenvalue weighted by atomic mass is 19.4. The quantitative estimate of drug-likeness (QED) is 0.529. The highest BCUT2D eigenvalue weighted by molar-refractivity contribution is 5.87. The van der Waals surface area contributed by atoms with E-state index in [1.807, 2.05) is 25.3 Å². The average molecular weight is 383 g/mol. The molecule has 1 amide bonds. The number of hydrogen-bond donors (Lipinski definition) is 3. The Morgan fingerprint density at radius 3 is 2.70 bits per heavy atom. The summed E-state index contributed by atoms with van der Waals surface area (Å²) in [4.78, 5) is 19.6. The summed E-state index contributed by atoms with van der Waals surface area (Å²) in [6.45, 7) is 1.06. The molecule has 1 aromatic heterocycles. The molecular formula is C18H24F3N5O. The molecule has 3 N–H and O–H groups in total. The molecule has 9 heteroatoms. The van der Waals surface area contributed by atoms with Crippen LogP contribution in [-0.4, -0.2) is 61.7 Å². The molecular weight excluding hydrogens is 359 g/mol. The summed E-state index contributed by atoms with van der Waals surface area (Å²) in [5.74, 6) is -0.304. The molecule has 27 heavy (non-hydrogen) atoms. The van der Waals surface area contributed by atoms with Gasteiger partial charge in [-0.1, -0.05) is 18.2 Å². The highest BCUT2D eigenvalue weighted by Crippen LogP contribution is 2.21. The summed E-state index contributed by atoms with van der Waals surface area (Å²) in [5, 5.41) is 6.95. The molecule has 0 saturated carbocycles. The Kier molecular flexibility index (Phi) is 6.70. The second-order valence-corrected chi connectivity index (χ2v) is 6.28. The van der Waals surface area contributed by atoms with Crippen molar-refractivity contribution in [3.8, 4) is 0 Å². The molecule has 2 rings (SSSR count). The van der Waals surface area contributed by atoms with E-state index in [2.05, 4.69) is 26.7 Å². The van der Waals surface area contributed by atoms with Crippen molar-refractivity contribution < 1.29 is 18.0 Å². The zero-order valence-electron chi connectivity index (χ0n) is 15.6. The number of alkyl halides is 3. The maximum Gasteiger partial charge on any atom is 0.406 e. The topological polar surface area (TPSA) is 72.5 Å². The van der Waals surface area contributed by atoms with E-state index in [-0.39, 0.29) is 6.54 Å². The monoisotopic (exact) mass is 383 g/mol. The van der Waals surface area contributed by atoms with Crippen molar-refractivity contribution in [3.63, 3.8) is 0 Å². The van der Waals surface area contributed by atoms with Crippen molar-refractivity contribution >= 4 is 22.8 Å². The van der Waals surface area contributed by atoms with Gasteiger partial charge in [0.1, 0.15) is 6.54 Å². The first-order valence-corrected chi connectivity index (χ1v) is 8.52. The van der Waals surface area contributed by atoms with Gasteiger partial charge in [0.05, 0.1) is 6.54 Å². The molecule has 0 aliphatic heterocycles. The van der Waals surface area contributed by atoms with Gasteiger partial charge in [0.15, 0.2) is 5.96 Å². The van der Waals surface area contributed by atoms with Gasteiger partial charge in [-0.2, -0.15) is 13.2 Å². The normalized spacial score (nSPS) is 12.3. The fourth-order valence-corrected chi connectivity index (χ4v) is 2.76. The van der Waals surface area contributed by atoms with E-state index in [4.69, 9.17) is 0 Å². The number of aryl methyl sites for hydroxylation is 1. The number of H-pyrrole nitrogens is 1. The molecule has 1 heterocycles. The number of nitrogens with one attached hydrogen (secondary N) is 3. The van der Waals surface area contributed by atoms with Gasteiger partial charge in [0.2, 0.25) is 5.91 Å². The van der Waals surface area contributed by atoms with E-state index in [0.717, 1.165) is 29.9 Å². The van der Waals surface area contributed by atoms with Crippen LogP contribution in [0.3, 0.4) is 0 Å². The number of likely N-dealkylation sites (N-methyl/N-ethyl adjacent to an activating group) is 1. The van der Waals surface area contributed by atoms with Gasteiger partial charge >= 0.3 is 6.18 Å². The third kappa shape index (κ3) is 5.90. The number of para-hydroxylation sites is 1. The predicted octanol–water partition coefficient (Wildman–Crippen LogP) is 2.20. The van der Waals surface area contributed by atoms with Crippen LogP contribution in [0.4, 0.5) is 13.2 Å². The van der Waals surface area contributed by atoms with Crippen molar-refractivity contribution in [1.82, 2.24) is 20.5 Å². The predicted molar refractivity (Wildman–Crippen MR) is 99.8 cm³/mol. The molecule has 0 fully saturated rings. The van der Waals surface area contributed by atoms with Crippen LogP contribution < -0.4 is 10.6 Å². The van der Waals surface area contributed by atoms with Gasteiger partial charge in [-0.05, 0) is 24.5 Å². The van der Waals surface area contributed by atoms with Crippen LogP contribution in [0.25, 0.3) is 10.9 Å². The zero-order chi connectivity index (χ0) is 20.0. The van der Waals surface area contributed by atoms with Crippen molar-refractivity contribution in [2.75, 3.05) is 33.7 Å². The lowest BCUT2D eigenvalue weighted by Gasteiger charge is -2.20. The molecule has 0 unspecified atom stereocenters. The number of aromatic nitrogens is 1. The maximum absolute atomic E-state index is 12.3. The van der Waals surface area contributed by atoms with Gasteiger partial charge in [-0.15, -0.1) is 0 Å². The Morgan fingerprint density at radius 2 is 2.04 bits per heavy atom. The van der Waals surface area contributed by atoms with Gasteiger partial charge in [-0.25, -0.2) is 0 Å². The lowest BCUT2D eigenvalue weighted by Crippen LogP contribution is -2.45. The number of halogens is 3. The van der Waals surface area contributed by atoms with Crippen molar-refractivity contribution in [2.45, 2.75) is 19.5 Å². The van der Waals surface area contributed by atoms with Crippen LogP contribution in [0.5, 0.6) is 0 Å². The Balaban J connectivity index is 1.82. The Hall–Kier alpha value is -2.71. The SMILES string of the molecule is CN=C(NCCc1c[nH]c2c(C)cccc12)NCC(=O)N(C)CC(F)(F)F. The fraction of sp³-hybridized carbons (Fsp3) is 0.444. The second-order valence-electron chi connectivity index (χ2n) is 6.28. The third-order valence-electron chi connectivity index (χ3n) is 4.17. The Morgan fingerprint density at radius 1 is 1.30 bits per heavy atom. The number of amides is 1. The second kappa shape index (κ2) is 8.79. The van der Waals surface area contributed by atoms with Gasteiger partial charge in [0.25, 0.3) is 0 Å². The Bertz CT molecular complexity index is 813. The smallest absolute Gasteiger partial charge is 0.361 e. The zero-order valence-corrected chi connectivity index (χ0v) is 15.6. The van der Waals surface area contributed by atoms with E-state index in [1.165, 1.54) is 12.6 Å². The fourth-order valence-electron chi connectivity index (χ4n) is 2.76. The summed E-state index contributed by atoms with van der Waals surface area (Å²) in [6.07, 6.45) is -1.72. The van der Waals surface area contributed by atoms with Gasteiger partial charge in [0, 0.05) is 37.7 Å². The van der Waals surface area contributed by atoms with E-state index >= 15 is 0 Å². The number of benzene rings is 1. The summed E-state index contributed by atoms with van der Waals surface area (Å²) < 4.78 is 36.9. The lowest BCUT2D eigenvalue weighted by molar-refractivity contribution is -0.157. The molecule has 0 bridgehead atoms. The van der Waals surface area contributed by atoms with Crippen molar-refractivity contribution in [1.29, 1.82) is 0 Å². The first-order chi connectivity index (χ1) is 12.7. The number of carbonyl (C=O) groups excluding carboxylic acids is 1. The van der Waals surface area contributed by atoms with Crippen LogP contribution in [0.1, 0.15) is 11.1 Å². The van der Waals surface area contributed by atoms with Crippen molar-refractivity contribution in [2.24, 2.45) is 4.99 Å². The first-order valence-electron chi connectivity index (χ1n) is 8.52. The highest BCUT2D eigenvalue weighted by Gasteiger charge is 2.31. The summed E-state index contributed by atoms with van der Waals surface area (Å²) in [5.41, 5.74) is 3.43. The largest absolute Gasteiger partial charge is 0.406 e. The summed E-state index contributed by atoms with van der Waals surface area (Å²) in [7, 11) is 2.65. The maximum atomic E-state index is 12.3. The van der Waals surface area contributed by atoms with Crippen LogP contribution in [0.15, 0.2) is 29.4 Å². The van der Waals surface area contributed by atoms with Crippen LogP contribution in [0, 0.1) is 6.92 Å². The molecule has 0 radical (unpaired) electrons. The summed E-state index contributed by atoms with van der Waals surface area (Å²) >= 11 is 0. The van der Waals surface area contributed by atoms with Crippen LogP contribution in [0.2, 0.25) is 0 Å². The molecule has 0 aliphatic carbocycles. The number of guanidine groups is 1. The molecule has 0 spiro atoms.